The van der Waals surface area contributed by atoms with Crippen LogP contribution in [0.25, 0.3) is 22.2 Å². The average molecular weight is 492 g/mol. The van der Waals surface area contributed by atoms with Crippen molar-refractivity contribution in [3.63, 3.8) is 0 Å². The molecular weight excluding hydrogens is 470 g/mol. The predicted molar refractivity (Wildman–Crippen MR) is 133 cm³/mol. The first kappa shape index (κ1) is 24.0. The summed E-state index contributed by atoms with van der Waals surface area (Å²) in [6.45, 7) is -0.406. The number of methoxy groups -OCH3 is 3. The van der Waals surface area contributed by atoms with E-state index in [2.05, 4.69) is 0 Å². The first-order valence-electron chi connectivity index (χ1n) is 10.6. The third-order valence-corrected chi connectivity index (χ3v) is 5.65. The van der Waals surface area contributed by atoms with E-state index in [4.69, 9.17) is 35.5 Å². The van der Waals surface area contributed by atoms with Gasteiger partial charge in [0.15, 0.2) is 23.9 Å². The van der Waals surface area contributed by atoms with Crippen molar-refractivity contribution in [1.29, 1.82) is 0 Å². The molecule has 0 spiro atoms. The topological polar surface area (TPSA) is 84.0 Å². The summed E-state index contributed by atoms with van der Waals surface area (Å²) in [5.41, 5.74) is 2.42. The van der Waals surface area contributed by atoms with Crippen LogP contribution in [0.3, 0.4) is 0 Å². The van der Waals surface area contributed by atoms with Crippen LogP contribution in [0.4, 0.5) is 0 Å². The molecule has 0 saturated heterocycles. The van der Waals surface area contributed by atoms with E-state index in [1.807, 2.05) is 6.07 Å². The highest BCUT2D eigenvalue weighted by molar-refractivity contribution is 6.30. The third kappa shape index (κ3) is 5.05. The van der Waals surface area contributed by atoms with Gasteiger partial charge in [0, 0.05) is 21.5 Å². The van der Waals surface area contributed by atoms with Crippen LogP contribution in [0.15, 0.2) is 66.7 Å². The number of fused-ring (bicyclic) bond motifs is 1. The monoisotopic (exact) mass is 491 g/mol. The second kappa shape index (κ2) is 10.4. The summed E-state index contributed by atoms with van der Waals surface area (Å²) in [5, 5.41) is 1.12. The number of Topliss-reactive ketones (excluding diaryl/α,β-unsaturated/α-hetero) is 1. The molecule has 0 aliphatic carbocycles. The van der Waals surface area contributed by atoms with Crippen LogP contribution in [-0.2, 0) is 4.74 Å². The van der Waals surface area contributed by atoms with E-state index in [1.54, 1.807) is 60.7 Å². The van der Waals surface area contributed by atoms with Crippen LogP contribution in [0, 0.1) is 0 Å². The van der Waals surface area contributed by atoms with E-state index in [9.17, 15) is 9.59 Å². The standard InChI is InChI=1S/C27H22ClNO6/c1-32-24-12-17(13-25(33-2)26(24)34-3)22-14-20(19-6-4-5-7-21(19)29-22)27(31)35-15-23(30)16-8-10-18(28)11-9-16/h4-14H,15H2,1-3H3. The number of halogens is 1. The zero-order chi connectivity index (χ0) is 24.9. The fourth-order valence-corrected chi connectivity index (χ4v) is 3.78. The van der Waals surface area contributed by atoms with Crippen molar-refractivity contribution in [2.24, 2.45) is 0 Å². The normalized spacial score (nSPS) is 10.6. The molecule has 4 rings (SSSR count). The van der Waals surface area contributed by atoms with Gasteiger partial charge in [0.05, 0.1) is 38.1 Å². The Kier molecular flexibility index (Phi) is 7.17. The van der Waals surface area contributed by atoms with Crippen LogP contribution in [-0.4, -0.2) is 44.7 Å². The number of rotatable bonds is 8. The number of esters is 1. The van der Waals surface area contributed by atoms with Crippen LogP contribution < -0.4 is 14.2 Å². The molecule has 0 N–H and O–H groups in total. The van der Waals surface area contributed by atoms with Crippen molar-refractivity contribution < 1.29 is 28.5 Å². The van der Waals surface area contributed by atoms with E-state index < -0.39 is 12.6 Å². The lowest BCUT2D eigenvalue weighted by Crippen LogP contribution is -2.15. The van der Waals surface area contributed by atoms with E-state index >= 15 is 0 Å². The van der Waals surface area contributed by atoms with E-state index in [-0.39, 0.29) is 11.3 Å². The van der Waals surface area contributed by atoms with Gasteiger partial charge in [-0.25, -0.2) is 9.78 Å². The number of benzene rings is 3. The van der Waals surface area contributed by atoms with Gasteiger partial charge in [-0.2, -0.15) is 0 Å². The first-order valence-corrected chi connectivity index (χ1v) is 11.0. The summed E-state index contributed by atoms with van der Waals surface area (Å²) in [6.07, 6.45) is 0. The Bertz CT molecular complexity index is 1380. The molecule has 0 unspecified atom stereocenters. The minimum absolute atomic E-state index is 0.281. The summed E-state index contributed by atoms with van der Waals surface area (Å²) in [4.78, 5) is 30.3. The van der Waals surface area contributed by atoms with Gasteiger partial charge in [0.1, 0.15) is 0 Å². The molecular formula is C27H22ClNO6. The van der Waals surface area contributed by atoms with Gasteiger partial charge in [0.25, 0.3) is 0 Å². The van der Waals surface area contributed by atoms with E-state index in [0.29, 0.717) is 50.0 Å². The number of hydrogen-bond acceptors (Lipinski definition) is 7. The Hall–Kier alpha value is -4.10. The number of carbonyl (C=O) groups is 2. The maximum absolute atomic E-state index is 13.1. The fraction of sp³-hybridized carbons (Fsp3) is 0.148. The van der Waals surface area contributed by atoms with E-state index in [1.165, 1.54) is 21.3 Å². The Morgan fingerprint density at radius 3 is 2.14 bits per heavy atom. The molecule has 35 heavy (non-hydrogen) atoms. The quantitative estimate of drug-likeness (QED) is 0.233. The highest BCUT2D eigenvalue weighted by Crippen LogP contribution is 2.41. The van der Waals surface area contributed by atoms with Gasteiger partial charge in [-0.3, -0.25) is 4.79 Å². The van der Waals surface area contributed by atoms with Gasteiger partial charge in [0.2, 0.25) is 5.75 Å². The number of hydrogen-bond donors (Lipinski definition) is 0. The number of aromatic nitrogens is 1. The molecule has 0 fully saturated rings. The average Bonchev–Trinajstić information content (AvgIpc) is 2.90. The van der Waals surface area contributed by atoms with Crippen molar-refractivity contribution in [3.8, 4) is 28.5 Å². The molecule has 0 bridgehead atoms. The zero-order valence-corrected chi connectivity index (χ0v) is 20.1. The van der Waals surface area contributed by atoms with Gasteiger partial charge in [-0.15, -0.1) is 0 Å². The zero-order valence-electron chi connectivity index (χ0n) is 19.3. The molecule has 178 valence electrons. The number of nitrogens with zero attached hydrogens (tertiary/aromatic N) is 1. The lowest BCUT2D eigenvalue weighted by Gasteiger charge is -2.15. The molecule has 7 nitrogen and oxygen atoms in total. The minimum Gasteiger partial charge on any atom is -0.493 e. The van der Waals surface area contributed by atoms with Gasteiger partial charge < -0.3 is 18.9 Å². The molecule has 0 aliphatic heterocycles. The SMILES string of the molecule is COc1cc(-c2cc(C(=O)OCC(=O)c3ccc(Cl)cc3)c3ccccc3n2)cc(OC)c1OC. The Labute approximate surface area is 207 Å². The highest BCUT2D eigenvalue weighted by Gasteiger charge is 2.20. The predicted octanol–water partition coefficient (Wildman–Crippen LogP) is 5.62. The second-order valence-electron chi connectivity index (χ2n) is 7.49. The summed E-state index contributed by atoms with van der Waals surface area (Å²) in [7, 11) is 4.57. The summed E-state index contributed by atoms with van der Waals surface area (Å²) in [6, 6.07) is 18.7. The molecule has 3 aromatic carbocycles. The molecule has 0 radical (unpaired) electrons. The molecule has 1 aromatic heterocycles. The number of para-hydroxylation sites is 1. The minimum atomic E-state index is -0.639. The third-order valence-electron chi connectivity index (χ3n) is 5.40. The lowest BCUT2D eigenvalue weighted by molar-refractivity contribution is 0.0476. The van der Waals surface area contributed by atoms with Crippen LogP contribution in [0.2, 0.25) is 5.02 Å². The van der Waals surface area contributed by atoms with Crippen molar-refractivity contribution in [2.45, 2.75) is 0 Å². The van der Waals surface area contributed by atoms with Crippen molar-refractivity contribution in [2.75, 3.05) is 27.9 Å². The van der Waals surface area contributed by atoms with E-state index in [0.717, 1.165) is 0 Å². The van der Waals surface area contributed by atoms with Gasteiger partial charge in [-0.1, -0.05) is 29.8 Å². The number of pyridine rings is 1. The molecule has 0 amide bonds. The second-order valence-corrected chi connectivity index (χ2v) is 7.93. The van der Waals surface area contributed by atoms with Crippen LogP contribution >= 0.6 is 11.6 Å². The number of carbonyl (C=O) groups excluding carboxylic acids is 2. The van der Waals surface area contributed by atoms with Crippen molar-refractivity contribution in [1.82, 2.24) is 4.98 Å². The first-order chi connectivity index (χ1) is 16.9. The van der Waals surface area contributed by atoms with Gasteiger partial charge >= 0.3 is 5.97 Å². The molecule has 0 aliphatic rings. The number of ketones is 1. The fourth-order valence-electron chi connectivity index (χ4n) is 3.65. The van der Waals surface area contributed by atoms with Crippen molar-refractivity contribution >= 4 is 34.3 Å². The Balaban J connectivity index is 1.71. The van der Waals surface area contributed by atoms with Crippen LogP contribution in [0.1, 0.15) is 20.7 Å². The summed E-state index contributed by atoms with van der Waals surface area (Å²) < 4.78 is 21.7. The van der Waals surface area contributed by atoms with Gasteiger partial charge in [-0.05, 0) is 48.5 Å². The highest BCUT2D eigenvalue weighted by atomic mass is 35.5. The number of ether oxygens (including phenoxy) is 4. The largest absolute Gasteiger partial charge is 0.493 e. The lowest BCUT2D eigenvalue weighted by atomic mass is 10.0. The smallest absolute Gasteiger partial charge is 0.339 e. The van der Waals surface area contributed by atoms with Crippen LogP contribution in [0.5, 0.6) is 17.2 Å². The maximum atomic E-state index is 13.1. The Morgan fingerprint density at radius 2 is 1.51 bits per heavy atom. The summed E-state index contributed by atoms with van der Waals surface area (Å²) >= 11 is 5.87. The maximum Gasteiger partial charge on any atom is 0.339 e. The molecule has 0 atom stereocenters. The summed E-state index contributed by atoms with van der Waals surface area (Å²) in [5.74, 6) is 0.377. The molecule has 0 saturated carbocycles. The molecule has 4 aromatic rings. The molecule has 8 heteroatoms. The Morgan fingerprint density at radius 1 is 0.857 bits per heavy atom. The molecule has 1 heterocycles. The van der Waals surface area contributed by atoms with Crippen molar-refractivity contribution in [3.05, 3.63) is 82.9 Å².